The van der Waals surface area contributed by atoms with Gasteiger partial charge in [0.25, 0.3) is 5.91 Å². The third kappa shape index (κ3) is 4.22. The fourth-order valence-electron chi connectivity index (χ4n) is 2.83. The molecule has 0 bridgehead atoms. The number of carbonyl (C=O) groups is 2. The Balaban J connectivity index is 1.34. The summed E-state index contributed by atoms with van der Waals surface area (Å²) in [6, 6.07) is 11.0. The van der Waals surface area contributed by atoms with E-state index in [2.05, 4.69) is 15.6 Å². The largest absolute Gasteiger partial charge is 0.454 e. The maximum Gasteiger partial charge on any atom is 0.251 e. The minimum absolute atomic E-state index is 0.134. The van der Waals surface area contributed by atoms with Gasteiger partial charge >= 0.3 is 0 Å². The minimum Gasteiger partial charge on any atom is -0.454 e. The molecule has 0 radical (unpaired) electrons. The Morgan fingerprint density at radius 3 is 2.72 bits per heavy atom. The smallest absolute Gasteiger partial charge is 0.251 e. The topological polar surface area (TPSA) is 89.6 Å². The van der Waals surface area contributed by atoms with Gasteiger partial charge in [-0.2, -0.15) is 0 Å². The number of anilines is 1. The van der Waals surface area contributed by atoms with Crippen molar-refractivity contribution in [2.24, 2.45) is 0 Å². The van der Waals surface area contributed by atoms with Crippen LogP contribution in [0.2, 0.25) is 0 Å². The van der Waals surface area contributed by atoms with Gasteiger partial charge in [0.15, 0.2) is 16.6 Å². The molecule has 1 aliphatic rings. The zero-order valence-corrected chi connectivity index (χ0v) is 16.8. The average Bonchev–Trinajstić information content (AvgIpc) is 3.37. The summed E-state index contributed by atoms with van der Waals surface area (Å²) in [5.74, 6) is 0.754. The van der Waals surface area contributed by atoms with Crippen LogP contribution >= 0.6 is 11.3 Å². The maximum atomic E-state index is 12.2. The van der Waals surface area contributed by atoms with E-state index in [4.69, 9.17) is 9.47 Å². The number of aromatic nitrogens is 1. The number of aryl methyl sites for hydroxylation is 2. The van der Waals surface area contributed by atoms with Gasteiger partial charge in [0.1, 0.15) is 0 Å². The van der Waals surface area contributed by atoms with Crippen molar-refractivity contribution in [2.45, 2.75) is 13.8 Å². The molecule has 2 N–H and O–H groups in total. The number of thiazole rings is 1. The van der Waals surface area contributed by atoms with E-state index in [0.717, 1.165) is 22.4 Å². The van der Waals surface area contributed by atoms with Gasteiger partial charge in [0, 0.05) is 16.5 Å². The van der Waals surface area contributed by atoms with Crippen molar-refractivity contribution in [3.63, 3.8) is 0 Å². The van der Waals surface area contributed by atoms with E-state index in [-0.39, 0.29) is 25.2 Å². The van der Waals surface area contributed by atoms with Crippen LogP contribution in [0.5, 0.6) is 11.5 Å². The Labute approximate surface area is 171 Å². The molecule has 0 aliphatic carbocycles. The van der Waals surface area contributed by atoms with E-state index in [1.54, 1.807) is 12.1 Å². The summed E-state index contributed by atoms with van der Waals surface area (Å²) in [4.78, 5) is 28.8. The average molecular weight is 409 g/mol. The van der Waals surface area contributed by atoms with Crippen LogP contribution in [0.3, 0.4) is 0 Å². The van der Waals surface area contributed by atoms with Crippen molar-refractivity contribution in [2.75, 3.05) is 18.7 Å². The van der Waals surface area contributed by atoms with Gasteiger partial charge in [0.2, 0.25) is 12.7 Å². The van der Waals surface area contributed by atoms with Crippen LogP contribution in [0, 0.1) is 13.8 Å². The molecular formula is C21H19N3O4S. The highest BCUT2D eigenvalue weighted by molar-refractivity contribution is 7.14. The summed E-state index contributed by atoms with van der Waals surface area (Å²) < 4.78 is 10.7. The third-order valence-electron chi connectivity index (χ3n) is 4.60. The molecule has 1 aromatic heterocycles. The highest BCUT2D eigenvalue weighted by Crippen LogP contribution is 2.36. The second-order valence-corrected chi connectivity index (χ2v) is 7.49. The summed E-state index contributed by atoms with van der Waals surface area (Å²) in [5, 5.41) is 7.65. The summed E-state index contributed by atoms with van der Waals surface area (Å²) in [6.45, 7) is 4.01. The number of carbonyl (C=O) groups excluding carboxylic acids is 2. The van der Waals surface area contributed by atoms with Crippen LogP contribution in [0.1, 0.15) is 21.5 Å². The normalized spacial score (nSPS) is 11.9. The molecule has 2 aromatic carbocycles. The number of amides is 2. The van der Waals surface area contributed by atoms with Gasteiger partial charge < -0.3 is 20.1 Å². The van der Waals surface area contributed by atoms with E-state index < -0.39 is 0 Å². The quantitative estimate of drug-likeness (QED) is 0.673. The second kappa shape index (κ2) is 7.92. The standard InChI is InChI=1S/C21H19N3O4S/c1-12-3-4-15(7-13(12)2)20(26)22-9-19(25)24-21-23-16(10-29-21)14-5-6-17-18(8-14)28-11-27-17/h3-8,10H,9,11H2,1-2H3,(H,22,26)(H,23,24,25). The van der Waals surface area contributed by atoms with Crippen molar-refractivity contribution in [1.82, 2.24) is 10.3 Å². The lowest BCUT2D eigenvalue weighted by Crippen LogP contribution is -2.32. The van der Waals surface area contributed by atoms with Gasteiger partial charge in [-0.1, -0.05) is 6.07 Å². The zero-order chi connectivity index (χ0) is 20.4. The summed E-state index contributed by atoms with van der Waals surface area (Å²) >= 11 is 1.31. The van der Waals surface area contributed by atoms with Crippen LogP contribution in [0.4, 0.5) is 5.13 Å². The number of ether oxygens (including phenoxy) is 2. The van der Waals surface area contributed by atoms with Crippen LogP contribution < -0.4 is 20.1 Å². The van der Waals surface area contributed by atoms with Crippen molar-refractivity contribution in [1.29, 1.82) is 0 Å². The Morgan fingerprint density at radius 1 is 1.07 bits per heavy atom. The molecule has 3 aromatic rings. The van der Waals surface area contributed by atoms with E-state index >= 15 is 0 Å². The fourth-order valence-corrected chi connectivity index (χ4v) is 3.56. The first-order valence-corrected chi connectivity index (χ1v) is 9.88. The molecule has 0 saturated heterocycles. The van der Waals surface area contributed by atoms with Gasteiger partial charge in [-0.05, 0) is 55.3 Å². The van der Waals surface area contributed by atoms with Crippen LogP contribution in [-0.2, 0) is 4.79 Å². The van der Waals surface area contributed by atoms with E-state index in [1.807, 2.05) is 43.5 Å². The first-order valence-electron chi connectivity index (χ1n) is 9.00. The molecule has 2 amide bonds. The number of hydrogen-bond donors (Lipinski definition) is 2. The highest BCUT2D eigenvalue weighted by Gasteiger charge is 2.16. The number of benzene rings is 2. The summed E-state index contributed by atoms with van der Waals surface area (Å²) in [6.07, 6.45) is 0. The molecule has 0 saturated carbocycles. The van der Waals surface area contributed by atoms with Gasteiger partial charge in [-0.3, -0.25) is 9.59 Å². The molecule has 0 fully saturated rings. The zero-order valence-electron chi connectivity index (χ0n) is 15.9. The molecule has 148 valence electrons. The maximum absolute atomic E-state index is 12.2. The van der Waals surface area contributed by atoms with Crippen molar-refractivity contribution in [3.05, 3.63) is 58.5 Å². The minimum atomic E-state index is -0.339. The van der Waals surface area contributed by atoms with Crippen molar-refractivity contribution in [3.8, 4) is 22.8 Å². The first kappa shape index (κ1) is 18.9. The number of fused-ring (bicyclic) bond motifs is 1. The molecule has 2 heterocycles. The van der Waals surface area contributed by atoms with Crippen LogP contribution in [-0.4, -0.2) is 30.1 Å². The molecular weight excluding hydrogens is 390 g/mol. The predicted molar refractivity (Wildman–Crippen MR) is 111 cm³/mol. The summed E-state index contributed by atoms with van der Waals surface area (Å²) in [7, 11) is 0. The lowest BCUT2D eigenvalue weighted by atomic mass is 10.1. The van der Waals surface area contributed by atoms with Crippen molar-refractivity contribution < 1.29 is 19.1 Å². The van der Waals surface area contributed by atoms with E-state index in [0.29, 0.717) is 22.2 Å². The Bertz CT molecular complexity index is 1090. The van der Waals surface area contributed by atoms with Gasteiger partial charge in [-0.15, -0.1) is 11.3 Å². The predicted octanol–water partition coefficient (Wildman–Crippen LogP) is 3.52. The molecule has 0 atom stereocenters. The van der Waals surface area contributed by atoms with Gasteiger partial charge in [0.05, 0.1) is 12.2 Å². The molecule has 0 unspecified atom stereocenters. The van der Waals surface area contributed by atoms with E-state index in [1.165, 1.54) is 11.3 Å². The monoisotopic (exact) mass is 409 g/mol. The fraction of sp³-hybridized carbons (Fsp3) is 0.190. The van der Waals surface area contributed by atoms with Crippen molar-refractivity contribution >= 4 is 28.3 Å². The molecule has 0 spiro atoms. The lowest BCUT2D eigenvalue weighted by molar-refractivity contribution is -0.115. The second-order valence-electron chi connectivity index (χ2n) is 6.64. The van der Waals surface area contributed by atoms with Crippen LogP contribution in [0.15, 0.2) is 41.8 Å². The summed E-state index contributed by atoms with van der Waals surface area (Å²) in [5.41, 5.74) is 4.26. The number of nitrogens with one attached hydrogen (secondary N) is 2. The SMILES string of the molecule is Cc1ccc(C(=O)NCC(=O)Nc2nc(-c3ccc4c(c3)OCO4)cs2)cc1C. The third-order valence-corrected chi connectivity index (χ3v) is 5.36. The number of hydrogen-bond acceptors (Lipinski definition) is 6. The Hall–Kier alpha value is -3.39. The molecule has 7 nitrogen and oxygen atoms in total. The number of rotatable bonds is 5. The lowest BCUT2D eigenvalue weighted by Gasteiger charge is -2.07. The van der Waals surface area contributed by atoms with Gasteiger partial charge in [-0.25, -0.2) is 4.98 Å². The molecule has 8 heteroatoms. The number of nitrogens with zero attached hydrogens (tertiary/aromatic N) is 1. The highest BCUT2D eigenvalue weighted by atomic mass is 32.1. The molecule has 4 rings (SSSR count). The Kier molecular flexibility index (Phi) is 5.18. The van der Waals surface area contributed by atoms with E-state index in [9.17, 15) is 9.59 Å². The Morgan fingerprint density at radius 2 is 1.90 bits per heavy atom. The first-order chi connectivity index (χ1) is 14.0. The van der Waals surface area contributed by atoms with Crippen LogP contribution in [0.25, 0.3) is 11.3 Å². The molecule has 1 aliphatic heterocycles. The molecule has 29 heavy (non-hydrogen) atoms.